The maximum absolute atomic E-state index is 16.2. The molecular weight excluding hydrogens is 444 g/mol. The van der Waals surface area contributed by atoms with Gasteiger partial charge in [-0.05, 0) is 50.1 Å². The first-order valence-electron chi connectivity index (χ1n) is 10.9. The van der Waals surface area contributed by atoms with Gasteiger partial charge >= 0.3 is 0 Å². The minimum atomic E-state index is -1.87. The second-order valence-corrected chi connectivity index (χ2v) is 9.84. The van der Waals surface area contributed by atoms with E-state index >= 15 is 4.39 Å². The van der Waals surface area contributed by atoms with E-state index in [9.17, 15) is 14.0 Å². The summed E-state index contributed by atoms with van der Waals surface area (Å²) in [4.78, 5) is 31.0. The van der Waals surface area contributed by atoms with Crippen LogP contribution in [0.2, 0.25) is 0 Å². The lowest BCUT2D eigenvalue weighted by Crippen LogP contribution is -2.51. The van der Waals surface area contributed by atoms with E-state index in [-0.39, 0.29) is 37.2 Å². The summed E-state index contributed by atoms with van der Waals surface area (Å²) < 4.78 is 28.0. The number of carbonyl (C=O) groups excluding carboxylic acids is 2. The van der Waals surface area contributed by atoms with Crippen LogP contribution in [0.25, 0.3) is 0 Å². The Balaban J connectivity index is 1.67. The fourth-order valence-electron chi connectivity index (χ4n) is 3.82. The van der Waals surface area contributed by atoms with Gasteiger partial charge in [-0.2, -0.15) is 4.99 Å². The summed E-state index contributed by atoms with van der Waals surface area (Å²) in [6.45, 7) is 5.30. The van der Waals surface area contributed by atoms with Crippen LogP contribution in [0, 0.1) is 5.82 Å². The third kappa shape index (κ3) is 5.27. The predicted molar refractivity (Wildman–Crippen MR) is 129 cm³/mol. The topological polar surface area (TPSA) is 61.8 Å². The van der Waals surface area contributed by atoms with Crippen LogP contribution in [0.1, 0.15) is 55.6 Å². The number of carbonyl (C=O) groups is 2. The van der Waals surface area contributed by atoms with Gasteiger partial charge in [0.25, 0.3) is 11.8 Å². The number of hydrogen-bond donors (Lipinski definition) is 1. The van der Waals surface area contributed by atoms with Crippen molar-refractivity contribution in [3.8, 4) is 0 Å². The molecule has 5 nitrogen and oxygen atoms in total. The van der Waals surface area contributed by atoms with E-state index in [1.807, 2.05) is 13.0 Å². The highest BCUT2D eigenvalue weighted by Crippen LogP contribution is 2.48. The standard InChI is InChI=1S/C25H29F2N3O2S/c1-5-25(27,15-16-30(4)21(31)19-9-7-6-8-10-19)24(3)22(32)29-23(33-24)28-17(2)18-11-13-20(26)14-12-18/h6-14,17H,5,15-16H2,1-4H3,(H,28,29,32)/t17-,24?,25?/m0/s1. The van der Waals surface area contributed by atoms with Gasteiger partial charge in [0.15, 0.2) is 5.17 Å². The van der Waals surface area contributed by atoms with Crippen molar-refractivity contribution in [2.45, 2.75) is 50.1 Å². The van der Waals surface area contributed by atoms with Crippen molar-refractivity contribution in [2.75, 3.05) is 13.6 Å². The van der Waals surface area contributed by atoms with Gasteiger partial charge in [-0.3, -0.25) is 9.59 Å². The zero-order valence-corrected chi connectivity index (χ0v) is 20.1. The molecule has 3 atom stereocenters. The molecule has 8 heteroatoms. The van der Waals surface area contributed by atoms with Crippen LogP contribution in [-0.2, 0) is 4.79 Å². The number of rotatable bonds is 8. The van der Waals surface area contributed by atoms with E-state index in [1.54, 1.807) is 57.3 Å². The predicted octanol–water partition coefficient (Wildman–Crippen LogP) is 5.15. The lowest BCUT2D eigenvalue weighted by atomic mass is 9.83. The molecule has 0 bridgehead atoms. The van der Waals surface area contributed by atoms with Crippen molar-refractivity contribution in [3.63, 3.8) is 0 Å². The lowest BCUT2D eigenvalue weighted by molar-refractivity contribution is -0.123. The second-order valence-electron chi connectivity index (χ2n) is 8.44. The highest BCUT2D eigenvalue weighted by molar-refractivity contribution is 8.16. The Labute approximate surface area is 197 Å². The van der Waals surface area contributed by atoms with E-state index in [0.717, 1.165) is 17.3 Å². The number of nitrogens with one attached hydrogen (secondary N) is 1. The molecular formula is C25H29F2N3O2S. The van der Waals surface area contributed by atoms with Crippen LogP contribution in [0.15, 0.2) is 59.6 Å². The molecule has 2 aromatic carbocycles. The quantitative estimate of drug-likeness (QED) is 0.576. The molecule has 2 aromatic rings. The first kappa shape index (κ1) is 24.9. The molecule has 1 N–H and O–H groups in total. The van der Waals surface area contributed by atoms with Crippen molar-refractivity contribution < 1.29 is 18.4 Å². The van der Waals surface area contributed by atoms with Crippen molar-refractivity contribution in [1.29, 1.82) is 0 Å². The monoisotopic (exact) mass is 473 g/mol. The molecule has 176 valence electrons. The Hall–Kier alpha value is -2.74. The van der Waals surface area contributed by atoms with Gasteiger partial charge in [0.2, 0.25) is 0 Å². The zero-order chi connectivity index (χ0) is 24.2. The van der Waals surface area contributed by atoms with E-state index in [0.29, 0.717) is 10.7 Å². The molecule has 3 rings (SSSR count). The van der Waals surface area contributed by atoms with Crippen LogP contribution in [-0.4, -0.2) is 45.9 Å². The van der Waals surface area contributed by atoms with Gasteiger partial charge in [-0.15, -0.1) is 0 Å². The number of aliphatic imine (C=N–C) groups is 1. The van der Waals surface area contributed by atoms with Gasteiger partial charge in [0.05, 0.1) is 6.04 Å². The molecule has 1 aliphatic heterocycles. The fraction of sp³-hybridized carbons (Fsp3) is 0.400. The average molecular weight is 474 g/mol. The maximum atomic E-state index is 16.2. The van der Waals surface area contributed by atoms with E-state index in [2.05, 4.69) is 10.3 Å². The van der Waals surface area contributed by atoms with Crippen LogP contribution in [0.4, 0.5) is 8.78 Å². The largest absolute Gasteiger partial charge is 0.358 e. The maximum Gasteiger partial charge on any atom is 0.267 e. The molecule has 0 fully saturated rings. The number of hydrogen-bond acceptors (Lipinski definition) is 4. The summed E-state index contributed by atoms with van der Waals surface area (Å²) in [6.07, 6.45) is 0.107. The van der Waals surface area contributed by atoms with Gasteiger partial charge < -0.3 is 10.2 Å². The SMILES string of the molecule is CCC(F)(CCN(C)C(=O)c1ccccc1)C1(C)SC(N[C@@H](C)c2ccc(F)cc2)=NC1=O. The number of thioether (sulfide) groups is 1. The zero-order valence-electron chi connectivity index (χ0n) is 19.3. The van der Waals surface area contributed by atoms with Crippen molar-refractivity contribution in [3.05, 3.63) is 71.5 Å². The Bertz CT molecular complexity index is 1030. The number of alkyl halides is 1. The Kier molecular flexibility index (Phi) is 7.57. The molecule has 0 spiro atoms. The summed E-state index contributed by atoms with van der Waals surface area (Å²) in [7, 11) is 1.63. The molecule has 1 aliphatic rings. The summed E-state index contributed by atoms with van der Waals surface area (Å²) in [5.41, 5.74) is -0.515. The normalized spacial score (nSPS) is 20.7. The van der Waals surface area contributed by atoms with Gasteiger partial charge in [-0.1, -0.05) is 49.0 Å². The first-order chi connectivity index (χ1) is 15.6. The number of halogens is 2. The summed E-state index contributed by atoms with van der Waals surface area (Å²) in [6, 6.07) is 14.6. The van der Waals surface area contributed by atoms with Crippen LogP contribution in [0.5, 0.6) is 0 Å². The fourth-order valence-corrected chi connectivity index (χ4v) is 5.14. The van der Waals surface area contributed by atoms with Crippen molar-refractivity contribution >= 4 is 28.7 Å². The molecule has 0 saturated carbocycles. The minimum Gasteiger partial charge on any atom is -0.358 e. The molecule has 2 amide bonds. The summed E-state index contributed by atoms with van der Waals surface area (Å²) in [5, 5.41) is 3.48. The molecule has 0 saturated heterocycles. The van der Waals surface area contributed by atoms with E-state index in [4.69, 9.17) is 0 Å². The third-order valence-electron chi connectivity index (χ3n) is 6.25. The Morgan fingerprint density at radius 1 is 1.21 bits per heavy atom. The molecule has 0 aromatic heterocycles. The molecule has 2 unspecified atom stereocenters. The van der Waals surface area contributed by atoms with E-state index < -0.39 is 16.3 Å². The molecule has 0 radical (unpaired) electrons. The average Bonchev–Trinajstić information content (AvgIpc) is 3.11. The third-order valence-corrected chi connectivity index (χ3v) is 7.60. The van der Waals surface area contributed by atoms with Crippen molar-refractivity contribution in [1.82, 2.24) is 10.2 Å². The van der Waals surface area contributed by atoms with Crippen LogP contribution < -0.4 is 5.32 Å². The van der Waals surface area contributed by atoms with Gasteiger partial charge in [-0.25, -0.2) is 8.78 Å². The second kappa shape index (κ2) is 10.0. The van der Waals surface area contributed by atoms with Crippen molar-refractivity contribution in [2.24, 2.45) is 4.99 Å². The summed E-state index contributed by atoms with van der Waals surface area (Å²) >= 11 is 1.07. The molecule has 1 heterocycles. The first-order valence-corrected chi connectivity index (χ1v) is 11.7. The number of amides is 2. The Morgan fingerprint density at radius 3 is 2.45 bits per heavy atom. The van der Waals surface area contributed by atoms with Crippen LogP contribution in [0.3, 0.4) is 0 Å². The number of nitrogens with zero attached hydrogens (tertiary/aromatic N) is 2. The molecule has 33 heavy (non-hydrogen) atoms. The smallest absolute Gasteiger partial charge is 0.267 e. The van der Waals surface area contributed by atoms with Gasteiger partial charge in [0, 0.05) is 25.6 Å². The summed E-state index contributed by atoms with van der Waals surface area (Å²) in [5.74, 6) is -1.07. The highest BCUT2D eigenvalue weighted by atomic mass is 32.2. The molecule has 0 aliphatic carbocycles. The minimum absolute atomic E-state index is 0.00410. The van der Waals surface area contributed by atoms with E-state index in [1.165, 1.54) is 17.0 Å². The lowest BCUT2D eigenvalue weighted by Gasteiger charge is -2.38. The van der Waals surface area contributed by atoms with Crippen LogP contribution >= 0.6 is 11.8 Å². The number of benzene rings is 2. The number of amidine groups is 1. The highest BCUT2D eigenvalue weighted by Gasteiger charge is 2.57. The Morgan fingerprint density at radius 2 is 1.85 bits per heavy atom. The van der Waals surface area contributed by atoms with Gasteiger partial charge in [0.1, 0.15) is 16.2 Å².